The minimum absolute atomic E-state index is 0.753. The van der Waals surface area contributed by atoms with Crippen molar-refractivity contribution in [3.63, 3.8) is 0 Å². The van der Waals surface area contributed by atoms with Gasteiger partial charge in [0.25, 0.3) is 0 Å². The summed E-state index contributed by atoms with van der Waals surface area (Å²) in [5, 5.41) is 3.44. The molecule has 4 aromatic rings. The molecule has 0 aliphatic heterocycles. The highest BCUT2D eigenvalue weighted by Crippen LogP contribution is 2.36. The number of thiophene rings is 1. The number of aryl methyl sites for hydroxylation is 1. The van der Waals surface area contributed by atoms with Gasteiger partial charge in [-0.1, -0.05) is 13.8 Å². The van der Waals surface area contributed by atoms with E-state index < -0.39 is 0 Å². The number of nitrogens with two attached hydrogens (primary N) is 1. The Kier molecular flexibility index (Phi) is 5.00. The van der Waals surface area contributed by atoms with Crippen LogP contribution < -0.4 is 11.1 Å². The van der Waals surface area contributed by atoms with E-state index in [-0.39, 0.29) is 0 Å². The van der Waals surface area contributed by atoms with Crippen LogP contribution in [0.15, 0.2) is 55.0 Å². The van der Waals surface area contributed by atoms with Crippen molar-refractivity contribution in [2.75, 3.05) is 11.1 Å². The second-order valence-corrected chi connectivity index (χ2v) is 6.34. The highest BCUT2D eigenvalue weighted by Gasteiger charge is 2.12. The van der Waals surface area contributed by atoms with Gasteiger partial charge in [0, 0.05) is 37.0 Å². The maximum atomic E-state index is 5.74. The first-order valence-corrected chi connectivity index (χ1v) is 9.01. The monoisotopic (exact) mass is 351 g/mol. The molecule has 5 nitrogen and oxygen atoms in total. The fourth-order valence-electron chi connectivity index (χ4n) is 2.47. The summed E-state index contributed by atoms with van der Waals surface area (Å²) in [6.07, 6.45) is 5.57. The minimum atomic E-state index is 0.753. The molecule has 0 spiro atoms. The molecular weight excluding hydrogens is 330 g/mol. The van der Waals surface area contributed by atoms with Crippen molar-refractivity contribution in [2.24, 2.45) is 7.05 Å². The Morgan fingerprint density at radius 1 is 1.04 bits per heavy atom. The lowest BCUT2D eigenvalue weighted by Crippen LogP contribution is -1.91. The first-order valence-electron chi connectivity index (χ1n) is 8.19. The molecule has 6 heteroatoms. The lowest BCUT2D eigenvalue weighted by Gasteiger charge is -2.07. The average molecular weight is 351 g/mol. The molecule has 0 radical (unpaired) electrons. The number of imidazole rings is 1. The number of benzene rings is 1. The Hall–Kier alpha value is -2.86. The average Bonchev–Trinajstić information content (AvgIpc) is 3.25. The number of nitrogens with zero attached hydrogens (tertiary/aromatic N) is 3. The molecule has 3 aromatic heterocycles. The standard InChI is InChI=1S/C17H15N5S.C2H6/c1-22-9-8-20-17(22)15-10-14-16(23-15)13(6-7-19-14)21-12-4-2-11(18)3-5-12;1-2/h2-10H,18H2,1H3,(H,19,21);1-2H3. The molecule has 3 N–H and O–H groups in total. The smallest absolute Gasteiger partial charge is 0.149 e. The van der Waals surface area contributed by atoms with E-state index in [1.54, 1.807) is 17.5 Å². The van der Waals surface area contributed by atoms with Crippen molar-refractivity contribution in [3.05, 3.63) is 55.0 Å². The van der Waals surface area contributed by atoms with Gasteiger partial charge in [0.1, 0.15) is 5.82 Å². The maximum Gasteiger partial charge on any atom is 0.149 e. The van der Waals surface area contributed by atoms with E-state index in [1.165, 1.54) is 0 Å². The van der Waals surface area contributed by atoms with Gasteiger partial charge in [0.15, 0.2) is 0 Å². The largest absolute Gasteiger partial charge is 0.399 e. The van der Waals surface area contributed by atoms with Gasteiger partial charge in [0.2, 0.25) is 0 Å². The molecule has 25 heavy (non-hydrogen) atoms. The minimum Gasteiger partial charge on any atom is -0.399 e. The number of hydrogen-bond donors (Lipinski definition) is 2. The SMILES string of the molecule is CC.Cn1ccnc1-c1cc2nccc(Nc3ccc(N)cc3)c2s1. The summed E-state index contributed by atoms with van der Waals surface area (Å²) in [6.45, 7) is 4.00. The van der Waals surface area contributed by atoms with E-state index in [0.29, 0.717) is 0 Å². The van der Waals surface area contributed by atoms with E-state index in [9.17, 15) is 0 Å². The third kappa shape index (κ3) is 3.49. The summed E-state index contributed by atoms with van der Waals surface area (Å²) in [5.74, 6) is 0.950. The number of aromatic nitrogens is 3. The first kappa shape index (κ1) is 17.0. The summed E-state index contributed by atoms with van der Waals surface area (Å²) in [4.78, 5) is 9.99. The highest BCUT2D eigenvalue weighted by atomic mass is 32.1. The Morgan fingerprint density at radius 3 is 2.48 bits per heavy atom. The molecule has 0 aliphatic rings. The highest BCUT2D eigenvalue weighted by molar-refractivity contribution is 7.22. The van der Waals surface area contributed by atoms with Crippen LogP contribution in [0.2, 0.25) is 0 Å². The molecule has 0 amide bonds. The summed E-state index contributed by atoms with van der Waals surface area (Å²) in [6, 6.07) is 11.8. The molecule has 128 valence electrons. The quantitative estimate of drug-likeness (QED) is 0.507. The Labute approximate surface area is 151 Å². The fraction of sp³-hybridized carbons (Fsp3) is 0.158. The van der Waals surface area contributed by atoms with Crippen LogP contribution in [0.1, 0.15) is 13.8 Å². The zero-order valence-corrected chi connectivity index (χ0v) is 15.3. The zero-order valence-electron chi connectivity index (χ0n) is 14.5. The van der Waals surface area contributed by atoms with E-state index in [0.717, 1.165) is 38.0 Å². The Morgan fingerprint density at radius 2 is 1.80 bits per heavy atom. The van der Waals surface area contributed by atoms with Gasteiger partial charge in [-0.15, -0.1) is 11.3 Å². The van der Waals surface area contributed by atoms with Crippen LogP contribution in [0.3, 0.4) is 0 Å². The Balaban J connectivity index is 0.000000880. The van der Waals surface area contributed by atoms with Crippen LogP contribution in [0, 0.1) is 0 Å². The summed E-state index contributed by atoms with van der Waals surface area (Å²) in [5.41, 5.74) is 9.49. The molecule has 0 saturated carbocycles. The molecule has 0 fully saturated rings. The van der Waals surface area contributed by atoms with Gasteiger partial charge >= 0.3 is 0 Å². The van der Waals surface area contributed by atoms with Crippen molar-refractivity contribution < 1.29 is 0 Å². The third-order valence-electron chi connectivity index (χ3n) is 3.64. The second kappa shape index (κ2) is 7.36. The molecule has 3 heterocycles. The van der Waals surface area contributed by atoms with Gasteiger partial charge < -0.3 is 15.6 Å². The predicted molar refractivity (Wildman–Crippen MR) is 107 cm³/mol. The normalized spacial score (nSPS) is 10.4. The van der Waals surface area contributed by atoms with Crippen molar-refractivity contribution in [3.8, 4) is 10.7 Å². The van der Waals surface area contributed by atoms with E-state index in [4.69, 9.17) is 5.73 Å². The van der Waals surface area contributed by atoms with Crippen LogP contribution in [-0.4, -0.2) is 14.5 Å². The van der Waals surface area contributed by atoms with Gasteiger partial charge in [-0.2, -0.15) is 0 Å². The van der Waals surface area contributed by atoms with Crippen LogP contribution in [-0.2, 0) is 7.05 Å². The fourth-order valence-corrected chi connectivity index (χ4v) is 3.60. The van der Waals surface area contributed by atoms with E-state index >= 15 is 0 Å². The van der Waals surface area contributed by atoms with Crippen LogP contribution in [0.4, 0.5) is 17.1 Å². The molecule has 4 rings (SSSR count). The lowest BCUT2D eigenvalue weighted by molar-refractivity contribution is 0.928. The van der Waals surface area contributed by atoms with E-state index in [2.05, 4.69) is 21.4 Å². The molecule has 1 aromatic carbocycles. The summed E-state index contributed by atoms with van der Waals surface area (Å²) in [7, 11) is 1.99. The predicted octanol–water partition coefficient (Wildman–Crippen LogP) is 5.05. The zero-order chi connectivity index (χ0) is 17.8. The molecule has 0 aliphatic carbocycles. The van der Waals surface area contributed by atoms with Crippen molar-refractivity contribution in [1.29, 1.82) is 0 Å². The number of nitrogen functional groups attached to an aromatic ring is 1. The molecule has 0 unspecified atom stereocenters. The Bertz CT molecular complexity index is 969. The lowest BCUT2D eigenvalue weighted by atomic mass is 10.2. The second-order valence-electron chi connectivity index (χ2n) is 5.29. The van der Waals surface area contributed by atoms with Gasteiger partial charge in [-0.3, -0.25) is 4.98 Å². The number of hydrogen-bond acceptors (Lipinski definition) is 5. The summed E-state index contributed by atoms with van der Waals surface area (Å²) < 4.78 is 3.12. The third-order valence-corrected chi connectivity index (χ3v) is 4.80. The van der Waals surface area contributed by atoms with Crippen molar-refractivity contribution >= 4 is 38.6 Å². The van der Waals surface area contributed by atoms with Crippen LogP contribution in [0.5, 0.6) is 0 Å². The molecular formula is C19H21N5S. The number of nitrogens with one attached hydrogen (secondary N) is 1. The van der Waals surface area contributed by atoms with E-state index in [1.807, 2.05) is 68.2 Å². The summed E-state index contributed by atoms with van der Waals surface area (Å²) >= 11 is 1.69. The van der Waals surface area contributed by atoms with Gasteiger partial charge in [-0.05, 0) is 36.4 Å². The number of anilines is 3. The topological polar surface area (TPSA) is 68.8 Å². The number of rotatable bonds is 3. The maximum absolute atomic E-state index is 5.74. The number of fused-ring (bicyclic) bond motifs is 1. The van der Waals surface area contributed by atoms with Crippen LogP contribution in [0.25, 0.3) is 20.9 Å². The van der Waals surface area contributed by atoms with Crippen LogP contribution >= 0.6 is 11.3 Å². The van der Waals surface area contributed by atoms with Gasteiger partial charge in [-0.25, -0.2) is 4.98 Å². The number of pyridine rings is 1. The molecule has 0 bridgehead atoms. The molecule has 0 atom stereocenters. The van der Waals surface area contributed by atoms with Gasteiger partial charge in [0.05, 0.1) is 20.8 Å². The van der Waals surface area contributed by atoms with Crippen molar-refractivity contribution in [1.82, 2.24) is 14.5 Å². The van der Waals surface area contributed by atoms with Crippen molar-refractivity contribution in [2.45, 2.75) is 13.8 Å². The molecule has 0 saturated heterocycles. The first-order chi connectivity index (χ1) is 12.2.